The lowest BCUT2D eigenvalue weighted by Gasteiger charge is -2.38. The summed E-state index contributed by atoms with van der Waals surface area (Å²) < 4.78 is 10.8. The second kappa shape index (κ2) is 7.59. The van der Waals surface area contributed by atoms with E-state index in [2.05, 4.69) is 10.2 Å². The van der Waals surface area contributed by atoms with Gasteiger partial charge in [-0.15, -0.1) is 0 Å². The van der Waals surface area contributed by atoms with E-state index in [1.165, 1.54) is 25.3 Å². The van der Waals surface area contributed by atoms with Gasteiger partial charge in [-0.05, 0) is 26.8 Å². The Labute approximate surface area is 140 Å². The molecule has 3 atom stereocenters. The van der Waals surface area contributed by atoms with Crippen LogP contribution in [0.15, 0.2) is 18.2 Å². The lowest BCUT2D eigenvalue weighted by Crippen LogP contribution is -2.52. The minimum Gasteiger partial charge on any atom is -0.494 e. The number of methoxy groups -OCH3 is 1. The van der Waals surface area contributed by atoms with Crippen LogP contribution in [0, 0.1) is 10.1 Å². The first-order valence-electron chi connectivity index (χ1n) is 7.84. The highest BCUT2D eigenvalue weighted by Crippen LogP contribution is 2.29. The van der Waals surface area contributed by atoms with E-state index in [-0.39, 0.29) is 35.6 Å². The minimum absolute atomic E-state index is 0.0675. The largest absolute Gasteiger partial charge is 0.494 e. The van der Waals surface area contributed by atoms with Crippen molar-refractivity contribution in [1.29, 1.82) is 0 Å². The smallest absolute Gasteiger partial charge is 0.273 e. The van der Waals surface area contributed by atoms with Crippen molar-refractivity contribution < 1.29 is 19.2 Å². The van der Waals surface area contributed by atoms with Gasteiger partial charge in [0.2, 0.25) is 5.91 Å². The molecule has 0 radical (unpaired) electrons. The van der Waals surface area contributed by atoms with Gasteiger partial charge in [0.05, 0.1) is 42.0 Å². The van der Waals surface area contributed by atoms with Gasteiger partial charge in [0.25, 0.3) is 5.69 Å². The molecule has 0 aromatic heterocycles. The van der Waals surface area contributed by atoms with Gasteiger partial charge in [0.1, 0.15) is 5.75 Å². The van der Waals surface area contributed by atoms with Crippen LogP contribution >= 0.6 is 0 Å². The quantitative estimate of drug-likeness (QED) is 0.653. The lowest BCUT2D eigenvalue weighted by molar-refractivity contribution is -0.384. The molecular formula is C16H23N3O5. The molecule has 8 heteroatoms. The average molecular weight is 337 g/mol. The van der Waals surface area contributed by atoms with Crippen molar-refractivity contribution >= 4 is 17.3 Å². The zero-order chi connectivity index (χ0) is 17.9. The molecule has 0 unspecified atom stereocenters. The van der Waals surface area contributed by atoms with Crippen LogP contribution in [0.3, 0.4) is 0 Å². The van der Waals surface area contributed by atoms with E-state index in [0.29, 0.717) is 18.8 Å². The van der Waals surface area contributed by atoms with Crippen molar-refractivity contribution in [3.05, 3.63) is 28.3 Å². The Morgan fingerprint density at radius 1 is 1.42 bits per heavy atom. The summed E-state index contributed by atoms with van der Waals surface area (Å²) in [5.41, 5.74) is 0.322. The number of nitrogens with zero attached hydrogens (tertiary/aromatic N) is 2. The van der Waals surface area contributed by atoms with Gasteiger partial charge in [-0.1, -0.05) is 0 Å². The molecule has 24 heavy (non-hydrogen) atoms. The second-order valence-electron chi connectivity index (χ2n) is 6.02. The van der Waals surface area contributed by atoms with Crippen molar-refractivity contribution in [3.8, 4) is 5.75 Å². The maximum absolute atomic E-state index is 12.5. The highest BCUT2D eigenvalue weighted by Gasteiger charge is 2.29. The molecule has 1 aromatic rings. The van der Waals surface area contributed by atoms with Crippen LogP contribution in [-0.4, -0.2) is 54.2 Å². The molecule has 1 amide bonds. The third kappa shape index (κ3) is 4.21. The Bertz CT molecular complexity index is 612. The van der Waals surface area contributed by atoms with Crippen LogP contribution in [0.4, 0.5) is 11.4 Å². The Morgan fingerprint density at radius 2 is 2.04 bits per heavy atom. The third-order valence-corrected chi connectivity index (χ3v) is 4.03. The number of anilines is 1. The number of non-ortho nitro benzene ring substituents is 1. The fourth-order valence-electron chi connectivity index (χ4n) is 2.83. The molecule has 1 N–H and O–H groups in total. The molecule has 1 aliphatic rings. The van der Waals surface area contributed by atoms with Crippen LogP contribution in [-0.2, 0) is 9.53 Å². The average Bonchev–Trinajstić information content (AvgIpc) is 2.53. The first kappa shape index (κ1) is 18.2. The lowest BCUT2D eigenvalue weighted by atomic mass is 10.1. The van der Waals surface area contributed by atoms with Gasteiger partial charge in [-0.2, -0.15) is 0 Å². The number of carbonyl (C=O) groups is 1. The molecule has 1 fully saturated rings. The third-order valence-electron chi connectivity index (χ3n) is 4.03. The van der Waals surface area contributed by atoms with Crippen LogP contribution in [0.25, 0.3) is 0 Å². The molecule has 0 spiro atoms. The normalized spacial score (nSPS) is 22.7. The first-order valence-corrected chi connectivity index (χ1v) is 7.84. The standard InChI is InChI=1S/C16H23N3O5/c1-10-8-18(9-11(2)24-10)12(3)16(20)17-14-6-5-13(19(21)22)7-15(14)23-4/h5-7,10-12H,8-9H2,1-4H3,(H,17,20)/t10-,11-,12-/m0/s1. The van der Waals surface area contributed by atoms with E-state index in [4.69, 9.17) is 9.47 Å². The summed E-state index contributed by atoms with van der Waals surface area (Å²) in [5.74, 6) is 0.0666. The summed E-state index contributed by atoms with van der Waals surface area (Å²) in [6.45, 7) is 7.14. The molecule has 1 aliphatic heterocycles. The maximum Gasteiger partial charge on any atom is 0.273 e. The van der Waals surface area contributed by atoms with Gasteiger partial charge in [0.15, 0.2) is 0 Å². The topological polar surface area (TPSA) is 93.9 Å². The molecule has 132 valence electrons. The van der Waals surface area contributed by atoms with E-state index in [1.807, 2.05) is 20.8 Å². The number of rotatable bonds is 5. The molecule has 1 saturated heterocycles. The number of benzene rings is 1. The van der Waals surface area contributed by atoms with Gasteiger partial charge >= 0.3 is 0 Å². The van der Waals surface area contributed by atoms with E-state index < -0.39 is 4.92 Å². The van der Waals surface area contributed by atoms with Crippen molar-refractivity contribution in [1.82, 2.24) is 4.90 Å². The Kier molecular flexibility index (Phi) is 5.74. The number of amides is 1. The van der Waals surface area contributed by atoms with Crippen LogP contribution in [0.1, 0.15) is 20.8 Å². The van der Waals surface area contributed by atoms with Crippen LogP contribution in [0.2, 0.25) is 0 Å². The first-order chi connectivity index (χ1) is 11.3. The fraction of sp³-hybridized carbons (Fsp3) is 0.562. The van der Waals surface area contributed by atoms with Crippen molar-refractivity contribution in [3.63, 3.8) is 0 Å². The van der Waals surface area contributed by atoms with Crippen molar-refractivity contribution in [2.45, 2.75) is 39.0 Å². The maximum atomic E-state index is 12.5. The van der Waals surface area contributed by atoms with Gasteiger partial charge in [-0.25, -0.2) is 0 Å². The van der Waals surface area contributed by atoms with E-state index in [1.54, 1.807) is 0 Å². The molecule has 0 saturated carbocycles. The number of hydrogen-bond acceptors (Lipinski definition) is 6. The van der Waals surface area contributed by atoms with Crippen LogP contribution in [0.5, 0.6) is 5.75 Å². The van der Waals surface area contributed by atoms with E-state index >= 15 is 0 Å². The number of nitro groups is 1. The van der Waals surface area contributed by atoms with Crippen molar-refractivity contribution in [2.24, 2.45) is 0 Å². The summed E-state index contributed by atoms with van der Waals surface area (Å²) in [4.78, 5) is 24.9. The molecule has 1 heterocycles. The number of carbonyl (C=O) groups excluding carboxylic acids is 1. The number of nitro benzene ring substituents is 1. The highest BCUT2D eigenvalue weighted by atomic mass is 16.6. The molecule has 2 rings (SSSR count). The zero-order valence-electron chi connectivity index (χ0n) is 14.3. The molecule has 1 aromatic carbocycles. The molecule has 0 bridgehead atoms. The number of morpholine rings is 1. The van der Waals surface area contributed by atoms with E-state index in [0.717, 1.165) is 0 Å². The van der Waals surface area contributed by atoms with Crippen molar-refractivity contribution in [2.75, 3.05) is 25.5 Å². The van der Waals surface area contributed by atoms with Crippen LogP contribution < -0.4 is 10.1 Å². The minimum atomic E-state index is -0.507. The van der Waals surface area contributed by atoms with Gasteiger partial charge < -0.3 is 14.8 Å². The number of nitrogens with one attached hydrogen (secondary N) is 1. The van der Waals surface area contributed by atoms with Gasteiger partial charge in [-0.3, -0.25) is 19.8 Å². The summed E-state index contributed by atoms with van der Waals surface area (Å²) in [6.07, 6.45) is 0.135. The molecule has 8 nitrogen and oxygen atoms in total. The SMILES string of the molecule is COc1cc([N+](=O)[O-])ccc1NC(=O)[C@H](C)N1C[C@H](C)O[C@@H](C)C1. The fourth-order valence-corrected chi connectivity index (χ4v) is 2.83. The Balaban J connectivity index is 2.09. The second-order valence-corrected chi connectivity index (χ2v) is 6.02. The summed E-state index contributed by atoms with van der Waals surface area (Å²) >= 11 is 0. The monoisotopic (exact) mass is 337 g/mol. The molecule has 0 aliphatic carbocycles. The number of ether oxygens (including phenoxy) is 2. The predicted molar refractivity (Wildman–Crippen MR) is 89.3 cm³/mol. The summed E-state index contributed by atoms with van der Waals surface area (Å²) in [7, 11) is 1.41. The Hall–Kier alpha value is -2.19. The summed E-state index contributed by atoms with van der Waals surface area (Å²) in [5, 5.41) is 13.6. The summed E-state index contributed by atoms with van der Waals surface area (Å²) in [6, 6.07) is 3.76. The zero-order valence-corrected chi connectivity index (χ0v) is 14.3. The molecular weight excluding hydrogens is 314 g/mol. The number of hydrogen-bond donors (Lipinski definition) is 1. The van der Waals surface area contributed by atoms with E-state index in [9.17, 15) is 14.9 Å². The highest BCUT2D eigenvalue weighted by molar-refractivity contribution is 5.96. The van der Waals surface area contributed by atoms with Gasteiger partial charge in [0, 0.05) is 19.2 Å². The predicted octanol–water partition coefficient (Wildman–Crippen LogP) is 2.04. The Morgan fingerprint density at radius 3 is 2.58 bits per heavy atom.